The Morgan fingerprint density at radius 1 is 1.40 bits per heavy atom. The fourth-order valence-corrected chi connectivity index (χ4v) is 2.28. The molecule has 0 saturated heterocycles. The van der Waals surface area contributed by atoms with E-state index in [0.29, 0.717) is 12.1 Å². The Balaban J connectivity index is 2.23. The normalized spacial score (nSPS) is 14.7. The second-order valence-electron chi connectivity index (χ2n) is 5.08. The number of fused-ring (bicyclic) bond motifs is 1. The van der Waals surface area contributed by atoms with Gasteiger partial charge in [-0.05, 0) is 37.5 Å². The molecule has 1 aromatic carbocycles. The van der Waals surface area contributed by atoms with Gasteiger partial charge in [0.15, 0.2) is 0 Å². The molecule has 1 heterocycles. The summed E-state index contributed by atoms with van der Waals surface area (Å²) in [6.07, 6.45) is 1.72. The van der Waals surface area contributed by atoms with Crippen molar-refractivity contribution in [3.63, 3.8) is 0 Å². The molecule has 2 rings (SSSR count). The van der Waals surface area contributed by atoms with Crippen molar-refractivity contribution in [2.24, 2.45) is 0 Å². The average molecular weight is 275 g/mol. The first-order chi connectivity index (χ1) is 9.56. The van der Waals surface area contributed by atoms with Crippen LogP contribution in [0.2, 0.25) is 0 Å². The maximum atomic E-state index is 12.1. The van der Waals surface area contributed by atoms with Gasteiger partial charge >= 0.3 is 6.03 Å². The zero-order valence-electron chi connectivity index (χ0n) is 12.2. The fourth-order valence-electron chi connectivity index (χ4n) is 2.28. The van der Waals surface area contributed by atoms with Crippen molar-refractivity contribution in [2.45, 2.75) is 32.7 Å². The second-order valence-corrected chi connectivity index (χ2v) is 5.08. The van der Waals surface area contributed by atoms with Gasteiger partial charge < -0.3 is 10.6 Å². The van der Waals surface area contributed by atoms with Crippen LogP contribution in [0, 0.1) is 0 Å². The number of rotatable bonds is 3. The van der Waals surface area contributed by atoms with E-state index in [0.717, 1.165) is 24.1 Å². The Morgan fingerprint density at radius 2 is 2.15 bits per heavy atom. The quantitative estimate of drug-likeness (QED) is 0.885. The molecule has 0 saturated carbocycles. The predicted molar refractivity (Wildman–Crippen MR) is 79.2 cm³/mol. The van der Waals surface area contributed by atoms with Crippen molar-refractivity contribution in [1.29, 1.82) is 0 Å². The van der Waals surface area contributed by atoms with Gasteiger partial charge in [0.05, 0.1) is 0 Å². The highest BCUT2D eigenvalue weighted by Crippen LogP contribution is 2.29. The molecule has 1 unspecified atom stereocenters. The smallest absolute Gasteiger partial charge is 0.321 e. The first-order valence-corrected chi connectivity index (χ1v) is 6.99. The second kappa shape index (κ2) is 5.94. The van der Waals surface area contributed by atoms with Crippen LogP contribution in [0.4, 0.5) is 10.5 Å². The fraction of sp³-hybridized carbons (Fsp3) is 0.467. The first-order valence-electron chi connectivity index (χ1n) is 6.99. The summed E-state index contributed by atoms with van der Waals surface area (Å²) >= 11 is 0. The molecule has 0 radical (unpaired) electrons. The zero-order chi connectivity index (χ0) is 14.7. The molecule has 0 spiro atoms. The summed E-state index contributed by atoms with van der Waals surface area (Å²) in [7, 11) is 1.61. The Kier molecular flexibility index (Phi) is 4.27. The van der Waals surface area contributed by atoms with E-state index in [-0.39, 0.29) is 18.0 Å². The first kappa shape index (κ1) is 14.4. The van der Waals surface area contributed by atoms with E-state index in [1.54, 1.807) is 18.0 Å². The average Bonchev–Trinajstić information content (AvgIpc) is 2.89. The van der Waals surface area contributed by atoms with Crippen LogP contribution in [0.5, 0.6) is 0 Å². The van der Waals surface area contributed by atoms with Gasteiger partial charge in [-0.15, -0.1) is 0 Å². The van der Waals surface area contributed by atoms with Crippen molar-refractivity contribution < 1.29 is 9.59 Å². The topological polar surface area (TPSA) is 61.4 Å². The minimum Gasteiger partial charge on any atom is -0.350 e. The van der Waals surface area contributed by atoms with Gasteiger partial charge in [-0.3, -0.25) is 9.69 Å². The molecular weight excluding hydrogens is 254 g/mol. The van der Waals surface area contributed by atoms with Gasteiger partial charge in [0.1, 0.15) is 0 Å². The van der Waals surface area contributed by atoms with Crippen molar-refractivity contribution >= 4 is 17.6 Å². The molecular formula is C15H21N3O2. The van der Waals surface area contributed by atoms with Gasteiger partial charge in [-0.1, -0.05) is 13.0 Å². The molecule has 2 N–H and O–H groups in total. The van der Waals surface area contributed by atoms with Crippen LogP contribution >= 0.6 is 0 Å². The van der Waals surface area contributed by atoms with E-state index in [4.69, 9.17) is 0 Å². The molecule has 0 aliphatic carbocycles. The van der Waals surface area contributed by atoms with Crippen molar-refractivity contribution in [3.05, 3.63) is 29.3 Å². The lowest BCUT2D eigenvalue weighted by Gasteiger charge is -2.17. The number of amides is 3. The third-order valence-electron chi connectivity index (χ3n) is 3.69. The van der Waals surface area contributed by atoms with E-state index in [1.807, 2.05) is 26.0 Å². The number of carbonyl (C=O) groups is 2. The van der Waals surface area contributed by atoms with Gasteiger partial charge in [-0.2, -0.15) is 0 Å². The molecule has 1 aliphatic rings. The van der Waals surface area contributed by atoms with Gasteiger partial charge in [-0.25, -0.2) is 4.79 Å². The van der Waals surface area contributed by atoms with Crippen LogP contribution < -0.4 is 15.5 Å². The standard InChI is InChI=1S/C15H21N3O2/c1-4-10(2)17-14(19)12-6-5-11-7-8-18(13(11)9-12)15(20)16-3/h5-6,9-10H,4,7-8H2,1-3H3,(H,16,20)(H,17,19). The minimum absolute atomic E-state index is 0.0918. The van der Waals surface area contributed by atoms with Gasteiger partial charge in [0, 0.05) is 30.9 Å². The summed E-state index contributed by atoms with van der Waals surface area (Å²) in [4.78, 5) is 25.6. The highest BCUT2D eigenvalue weighted by Gasteiger charge is 2.25. The van der Waals surface area contributed by atoms with Crippen LogP contribution in [0.1, 0.15) is 36.2 Å². The zero-order valence-corrected chi connectivity index (χ0v) is 12.2. The van der Waals surface area contributed by atoms with Gasteiger partial charge in [0.25, 0.3) is 5.91 Å². The molecule has 0 fully saturated rings. The van der Waals surface area contributed by atoms with Crippen LogP contribution in [0.3, 0.4) is 0 Å². The monoisotopic (exact) mass is 275 g/mol. The number of urea groups is 1. The third-order valence-corrected chi connectivity index (χ3v) is 3.69. The number of hydrogen-bond acceptors (Lipinski definition) is 2. The molecule has 0 bridgehead atoms. The largest absolute Gasteiger partial charge is 0.350 e. The van der Waals surface area contributed by atoms with Crippen LogP contribution in [0.25, 0.3) is 0 Å². The molecule has 20 heavy (non-hydrogen) atoms. The molecule has 3 amide bonds. The number of nitrogens with one attached hydrogen (secondary N) is 2. The number of anilines is 1. The summed E-state index contributed by atoms with van der Waals surface area (Å²) in [6.45, 7) is 4.66. The summed E-state index contributed by atoms with van der Waals surface area (Å²) < 4.78 is 0. The van der Waals surface area contributed by atoms with Crippen LogP contribution in [0.15, 0.2) is 18.2 Å². The van der Waals surface area contributed by atoms with Crippen molar-refractivity contribution in [2.75, 3.05) is 18.5 Å². The van der Waals surface area contributed by atoms with Crippen molar-refractivity contribution in [1.82, 2.24) is 10.6 Å². The number of benzene rings is 1. The highest BCUT2D eigenvalue weighted by atomic mass is 16.2. The summed E-state index contributed by atoms with van der Waals surface area (Å²) in [5, 5.41) is 5.56. The minimum atomic E-state index is -0.136. The molecule has 108 valence electrons. The maximum absolute atomic E-state index is 12.1. The summed E-state index contributed by atoms with van der Waals surface area (Å²) in [6, 6.07) is 5.57. The Morgan fingerprint density at radius 3 is 2.80 bits per heavy atom. The number of nitrogens with zero attached hydrogens (tertiary/aromatic N) is 1. The van der Waals surface area contributed by atoms with Crippen molar-refractivity contribution in [3.8, 4) is 0 Å². The number of hydrogen-bond donors (Lipinski definition) is 2. The lowest BCUT2D eigenvalue weighted by Crippen LogP contribution is -2.37. The summed E-state index contributed by atoms with van der Waals surface area (Å²) in [5.74, 6) is -0.0918. The lowest BCUT2D eigenvalue weighted by atomic mass is 10.1. The Labute approximate surface area is 119 Å². The highest BCUT2D eigenvalue weighted by molar-refractivity contribution is 5.99. The van der Waals surface area contributed by atoms with Crippen LogP contribution in [-0.4, -0.2) is 31.6 Å². The molecule has 1 aliphatic heterocycles. The van der Waals surface area contributed by atoms with Gasteiger partial charge in [0.2, 0.25) is 0 Å². The van der Waals surface area contributed by atoms with E-state index in [9.17, 15) is 9.59 Å². The number of carbonyl (C=O) groups excluding carboxylic acids is 2. The van der Waals surface area contributed by atoms with E-state index < -0.39 is 0 Å². The molecule has 5 nitrogen and oxygen atoms in total. The van der Waals surface area contributed by atoms with E-state index in [2.05, 4.69) is 10.6 Å². The Hall–Kier alpha value is -2.04. The van der Waals surface area contributed by atoms with E-state index in [1.165, 1.54) is 0 Å². The predicted octanol–water partition coefficient (Wildman–Crippen LogP) is 1.92. The maximum Gasteiger partial charge on any atom is 0.321 e. The Bertz CT molecular complexity index is 528. The SMILES string of the molecule is CCC(C)NC(=O)c1ccc2c(c1)N(C(=O)NC)CC2. The molecule has 0 aromatic heterocycles. The molecule has 1 atom stereocenters. The molecule has 1 aromatic rings. The third kappa shape index (κ3) is 2.76. The van der Waals surface area contributed by atoms with E-state index >= 15 is 0 Å². The lowest BCUT2D eigenvalue weighted by molar-refractivity contribution is 0.0939. The molecule has 5 heteroatoms. The van der Waals surface area contributed by atoms with Crippen LogP contribution in [-0.2, 0) is 6.42 Å². The summed E-state index contributed by atoms with van der Waals surface area (Å²) in [5.41, 5.74) is 2.54.